The van der Waals surface area contributed by atoms with Crippen LogP contribution < -0.4 is 5.43 Å². The van der Waals surface area contributed by atoms with Crippen LogP contribution in [0.3, 0.4) is 0 Å². The zero-order valence-corrected chi connectivity index (χ0v) is 13.1. The second-order valence-corrected chi connectivity index (χ2v) is 5.84. The van der Waals surface area contributed by atoms with Gasteiger partial charge in [0, 0.05) is 5.56 Å². The lowest BCUT2D eigenvalue weighted by Gasteiger charge is -2.06. The number of benzene rings is 2. The summed E-state index contributed by atoms with van der Waals surface area (Å²) in [5.41, 5.74) is 6.26. The normalized spacial score (nSPS) is 9.87. The molecule has 0 aliphatic rings. The average Bonchev–Trinajstić information content (AvgIpc) is 3.01. The first-order valence-electron chi connectivity index (χ1n) is 6.82. The largest absolute Gasteiger partial charge is 0.276 e. The number of hydrogen-bond acceptors (Lipinski definition) is 6. The molecule has 0 aliphatic carbocycles. The second-order valence-electron chi connectivity index (χ2n) is 4.81. The predicted octanol–water partition coefficient (Wildman–Crippen LogP) is 4.09. The van der Waals surface area contributed by atoms with Crippen molar-refractivity contribution < 1.29 is 0 Å². The molecule has 0 saturated carbocycles. The first-order valence-corrected chi connectivity index (χ1v) is 7.63. The van der Waals surface area contributed by atoms with Gasteiger partial charge in [0.05, 0.1) is 15.9 Å². The minimum Gasteiger partial charge on any atom is -0.276 e. The van der Waals surface area contributed by atoms with Gasteiger partial charge in [-0.1, -0.05) is 12.1 Å². The molecule has 0 aliphatic heterocycles. The molecule has 0 bridgehead atoms. The zero-order valence-electron chi connectivity index (χ0n) is 12.2. The van der Waals surface area contributed by atoms with E-state index in [1.165, 1.54) is 0 Å². The van der Waals surface area contributed by atoms with Crippen molar-refractivity contribution in [2.75, 3.05) is 5.43 Å². The molecule has 1 N–H and O–H groups in total. The number of anilines is 1. The smallest absolute Gasteiger partial charge is 0.237 e. The van der Waals surface area contributed by atoms with Crippen LogP contribution in [-0.2, 0) is 0 Å². The molecule has 1 heterocycles. The highest BCUT2D eigenvalue weighted by atomic mass is 32.1. The number of nitrogens with zero attached hydrogens (tertiary/aromatic N) is 4. The number of aromatic nitrogens is 1. The lowest BCUT2D eigenvalue weighted by molar-refractivity contribution is 1.30. The van der Waals surface area contributed by atoms with Crippen LogP contribution in [0.4, 0.5) is 5.69 Å². The maximum absolute atomic E-state index is 8.69. The predicted molar refractivity (Wildman–Crippen MR) is 92.1 cm³/mol. The minimum absolute atomic E-state index is 0.209. The van der Waals surface area contributed by atoms with Gasteiger partial charge in [-0.05, 0) is 42.8 Å². The van der Waals surface area contributed by atoms with E-state index < -0.39 is 0 Å². The summed E-state index contributed by atoms with van der Waals surface area (Å²) in [6.07, 6.45) is 0. The fourth-order valence-electron chi connectivity index (χ4n) is 2.11. The van der Waals surface area contributed by atoms with Gasteiger partial charge in [0.1, 0.15) is 17.1 Å². The Hall–Kier alpha value is -3.22. The van der Waals surface area contributed by atoms with Crippen LogP contribution in [0.15, 0.2) is 47.6 Å². The molecule has 3 rings (SSSR count). The molecule has 0 spiro atoms. The summed E-state index contributed by atoms with van der Waals surface area (Å²) in [7, 11) is 0. The number of fused-ring (bicyclic) bond motifs is 1. The second kappa shape index (κ2) is 6.27. The first-order chi connectivity index (χ1) is 11.2. The van der Waals surface area contributed by atoms with Gasteiger partial charge < -0.3 is 0 Å². The van der Waals surface area contributed by atoms with Gasteiger partial charge in [-0.25, -0.2) is 4.98 Å². The SMILES string of the molecule is Cc1cc(-c2nc3ccccc3s2)ccc1NN=C(C#N)C#N. The molecule has 0 radical (unpaired) electrons. The van der Waals surface area contributed by atoms with Gasteiger partial charge in [0.25, 0.3) is 0 Å². The van der Waals surface area contributed by atoms with Crippen molar-refractivity contribution in [1.29, 1.82) is 10.5 Å². The molecule has 0 fully saturated rings. The lowest BCUT2D eigenvalue weighted by atomic mass is 10.1. The Morgan fingerprint density at radius 3 is 2.65 bits per heavy atom. The monoisotopic (exact) mass is 317 g/mol. The van der Waals surface area contributed by atoms with Crippen molar-refractivity contribution in [1.82, 2.24) is 4.98 Å². The molecule has 0 unspecified atom stereocenters. The van der Waals surface area contributed by atoms with Gasteiger partial charge in [-0.3, -0.25) is 5.43 Å². The summed E-state index contributed by atoms with van der Waals surface area (Å²) < 4.78 is 1.15. The molecule has 110 valence electrons. The highest BCUT2D eigenvalue weighted by Crippen LogP contribution is 2.31. The van der Waals surface area contributed by atoms with E-state index in [0.717, 1.165) is 32.0 Å². The first kappa shape index (κ1) is 14.7. The third-order valence-electron chi connectivity index (χ3n) is 3.27. The molecule has 0 saturated heterocycles. The topological polar surface area (TPSA) is 84.9 Å². The molecule has 5 nitrogen and oxygen atoms in total. The summed E-state index contributed by atoms with van der Waals surface area (Å²) in [6, 6.07) is 17.3. The molecule has 0 amide bonds. The van der Waals surface area contributed by atoms with Crippen molar-refractivity contribution in [3.05, 3.63) is 48.0 Å². The van der Waals surface area contributed by atoms with Crippen LogP contribution in [0.5, 0.6) is 0 Å². The molecule has 0 atom stereocenters. The molecule has 1 aromatic heterocycles. The number of nitrogens with one attached hydrogen (secondary N) is 1. The summed E-state index contributed by atoms with van der Waals surface area (Å²) in [5, 5.41) is 22.1. The standard InChI is InChI=1S/C17H11N5S/c1-11-8-12(6-7-14(11)22-21-13(9-18)10-19)17-20-15-4-2-3-5-16(15)23-17/h2-8,22H,1H3. The van der Waals surface area contributed by atoms with Crippen LogP contribution in [-0.4, -0.2) is 10.7 Å². The number of para-hydroxylation sites is 1. The number of nitriles is 2. The molecule has 23 heavy (non-hydrogen) atoms. The van der Waals surface area contributed by atoms with Gasteiger partial charge in [-0.2, -0.15) is 15.6 Å². The number of thiazole rings is 1. The quantitative estimate of drug-likeness (QED) is 0.582. The van der Waals surface area contributed by atoms with E-state index >= 15 is 0 Å². The Morgan fingerprint density at radius 2 is 1.96 bits per heavy atom. The Bertz CT molecular complexity index is 939. The van der Waals surface area contributed by atoms with Crippen LogP contribution in [0.1, 0.15) is 5.56 Å². The highest BCUT2D eigenvalue weighted by Gasteiger charge is 2.07. The fraction of sp³-hybridized carbons (Fsp3) is 0.0588. The van der Waals surface area contributed by atoms with E-state index in [1.807, 2.05) is 43.3 Å². The Morgan fingerprint density at radius 1 is 1.17 bits per heavy atom. The van der Waals surface area contributed by atoms with E-state index in [1.54, 1.807) is 23.5 Å². The van der Waals surface area contributed by atoms with E-state index in [4.69, 9.17) is 10.5 Å². The Balaban J connectivity index is 1.92. The maximum Gasteiger partial charge on any atom is 0.237 e. The van der Waals surface area contributed by atoms with E-state index in [-0.39, 0.29) is 5.71 Å². The summed E-state index contributed by atoms with van der Waals surface area (Å²) >= 11 is 1.65. The molecular formula is C17H11N5S. The number of aryl methyl sites for hydroxylation is 1. The maximum atomic E-state index is 8.69. The van der Waals surface area contributed by atoms with Crippen LogP contribution in [0.2, 0.25) is 0 Å². The van der Waals surface area contributed by atoms with Crippen LogP contribution >= 0.6 is 11.3 Å². The van der Waals surface area contributed by atoms with Crippen molar-refractivity contribution in [3.63, 3.8) is 0 Å². The number of hydrazone groups is 1. The van der Waals surface area contributed by atoms with Crippen molar-refractivity contribution in [3.8, 4) is 22.7 Å². The van der Waals surface area contributed by atoms with E-state index in [9.17, 15) is 0 Å². The summed E-state index contributed by atoms with van der Waals surface area (Å²) in [5.74, 6) is 0. The third-order valence-corrected chi connectivity index (χ3v) is 4.35. The number of hydrogen-bond donors (Lipinski definition) is 1. The lowest BCUT2D eigenvalue weighted by Crippen LogP contribution is -1.98. The Labute approximate surface area is 137 Å². The number of rotatable bonds is 3. The fourth-order valence-corrected chi connectivity index (χ4v) is 3.07. The van der Waals surface area contributed by atoms with Crippen LogP contribution in [0, 0.1) is 29.6 Å². The third kappa shape index (κ3) is 3.03. The van der Waals surface area contributed by atoms with E-state index in [2.05, 4.69) is 21.6 Å². The molecular weight excluding hydrogens is 306 g/mol. The van der Waals surface area contributed by atoms with Crippen LogP contribution in [0.25, 0.3) is 20.8 Å². The Kier molecular flexibility index (Phi) is 4.01. The van der Waals surface area contributed by atoms with Crippen molar-refractivity contribution >= 4 is 33.0 Å². The summed E-state index contributed by atoms with van der Waals surface area (Å²) in [4.78, 5) is 4.64. The van der Waals surface area contributed by atoms with Gasteiger partial charge >= 0.3 is 0 Å². The van der Waals surface area contributed by atoms with Crippen molar-refractivity contribution in [2.24, 2.45) is 5.10 Å². The van der Waals surface area contributed by atoms with Gasteiger partial charge in [-0.15, -0.1) is 11.3 Å². The highest BCUT2D eigenvalue weighted by molar-refractivity contribution is 7.21. The van der Waals surface area contributed by atoms with E-state index in [0.29, 0.717) is 0 Å². The minimum atomic E-state index is -0.209. The average molecular weight is 317 g/mol. The van der Waals surface area contributed by atoms with Crippen molar-refractivity contribution in [2.45, 2.75) is 6.92 Å². The summed E-state index contributed by atoms with van der Waals surface area (Å²) in [6.45, 7) is 1.94. The van der Waals surface area contributed by atoms with Gasteiger partial charge in [0.2, 0.25) is 5.71 Å². The molecule has 6 heteroatoms. The molecule has 3 aromatic rings. The van der Waals surface area contributed by atoms with Gasteiger partial charge in [0.15, 0.2) is 0 Å². The molecule has 2 aromatic carbocycles. The zero-order chi connectivity index (χ0) is 16.2.